The van der Waals surface area contributed by atoms with E-state index in [1.807, 2.05) is 12.3 Å². The second-order valence-corrected chi connectivity index (χ2v) is 8.63. The number of carbonyl (C=O) groups excluding carboxylic acids is 1. The number of nitrogens with zero attached hydrogens (tertiary/aromatic N) is 2. The van der Waals surface area contributed by atoms with Crippen LogP contribution < -0.4 is 10.1 Å². The van der Waals surface area contributed by atoms with Crippen LogP contribution in [0.15, 0.2) is 30.5 Å². The molecule has 0 saturated carbocycles. The third kappa shape index (κ3) is 6.66. The van der Waals surface area contributed by atoms with E-state index < -0.39 is 0 Å². The highest BCUT2D eigenvalue weighted by atomic mass is 16.5. The maximum atomic E-state index is 12.0. The van der Waals surface area contributed by atoms with Gasteiger partial charge in [-0.1, -0.05) is 19.4 Å². The number of carbonyl (C=O) groups is 2. The molecule has 0 bridgehead atoms. The molecule has 2 aromatic rings. The molecule has 2 saturated heterocycles. The Morgan fingerprint density at radius 1 is 1.28 bits per heavy atom. The first-order chi connectivity index (χ1) is 15.6. The first kappa shape index (κ1) is 24.0. The van der Waals surface area contributed by atoms with Crippen LogP contribution in [0.1, 0.15) is 51.0 Å². The van der Waals surface area contributed by atoms with Gasteiger partial charge in [-0.05, 0) is 62.3 Å². The van der Waals surface area contributed by atoms with Crippen LogP contribution in [-0.2, 0) is 16.0 Å². The fourth-order valence-electron chi connectivity index (χ4n) is 4.54. The van der Waals surface area contributed by atoms with Crippen LogP contribution in [0.25, 0.3) is 10.9 Å². The quantitative estimate of drug-likeness (QED) is 0.638. The second kappa shape index (κ2) is 12.4. The molecule has 1 aromatic carbocycles. The largest absolute Gasteiger partial charge is 0.488 e. The molecular weight excluding hydrogens is 406 g/mol. The Bertz CT molecular complexity index is 881. The molecule has 2 aliphatic heterocycles. The summed E-state index contributed by atoms with van der Waals surface area (Å²) in [5.74, 6) is 1.32. The number of hydrogen-bond acceptors (Lipinski definition) is 5. The van der Waals surface area contributed by atoms with Crippen LogP contribution in [0.4, 0.5) is 0 Å². The lowest BCUT2D eigenvalue weighted by Gasteiger charge is -2.35. The van der Waals surface area contributed by atoms with Gasteiger partial charge in [0.05, 0.1) is 5.92 Å². The zero-order valence-corrected chi connectivity index (χ0v) is 19.0. The molecule has 1 unspecified atom stereocenters. The van der Waals surface area contributed by atoms with Gasteiger partial charge in [0.1, 0.15) is 17.4 Å². The molecule has 7 nitrogen and oxygen atoms in total. The maximum Gasteiger partial charge on any atom is 0.290 e. The summed E-state index contributed by atoms with van der Waals surface area (Å²) in [5, 5.41) is 11.1. The van der Waals surface area contributed by atoms with Crippen molar-refractivity contribution in [2.24, 2.45) is 5.92 Å². The van der Waals surface area contributed by atoms with Gasteiger partial charge in [-0.25, -0.2) is 0 Å². The molecule has 0 spiro atoms. The number of carboxylic acid groups (broad SMARTS) is 1. The fraction of sp³-hybridized carbons (Fsp3) is 0.560. The minimum atomic E-state index is -0.250. The molecular formula is C25H35N3O4. The van der Waals surface area contributed by atoms with E-state index in [0.717, 1.165) is 74.9 Å². The van der Waals surface area contributed by atoms with Gasteiger partial charge in [-0.3, -0.25) is 14.6 Å². The Balaban J connectivity index is 0.000000913. The Hall–Kier alpha value is -2.67. The van der Waals surface area contributed by atoms with Crippen molar-refractivity contribution < 1.29 is 19.4 Å². The predicted octanol–water partition coefficient (Wildman–Crippen LogP) is 3.65. The van der Waals surface area contributed by atoms with E-state index in [9.17, 15) is 4.79 Å². The number of piperidine rings is 2. The average Bonchev–Trinajstić information content (AvgIpc) is 2.81. The Morgan fingerprint density at radius 3 is 2.78 bits per heavy atom. The normalized spacial score (nSPS) is 19.7. The number of amides is 1. The van der Waals surface area contributed by atoms with Crippen molar-refractivity contribution in [2.45, 2.75) is 58.0 Å². The third-order valence-corrected chi connectivity index (χ3v) is 6.25. The highest BCUT2D eigenvalue weighted by molar-refractivity contribution is 5.85. The fourth-order valence-corrected chi connectivity index (χ4v) is 4.54. The lowest BCUT2D eigenvalue weighted by molar-refractivity contribution is -0.127. The van der Waals surface area contributed by atoms with Gasteiger partial charge in [-0.15, -0.1) is 0 Å². The summed E-state index contributed by atoms with van der Waals surface area (Å²) in [7, 11) is 0. The second-order valence-electron chi connectivity index (χ2n) is 8.63. The van der Waals surface area contributed by atoms with E-state index in [1.54, 1.807) is 0 Å². The standard InChI is InChI=1S/C24H33N3O2.CH2O2/c1-2-3-6-18-15-19-7-4-11-25-23(19)22(16-18)29-21-9-13-27(14-10-21)17-20-8-5-12-26-24(20)28;2-1-3/h4,7,11,15-16,20-21H,2-3,5-6,8-10,12-14,17H2,1H3,(H,26,28);1H,(H,2,3). The maximum absolute atomic E-state index is 12.0. The topological polar surface area (TPSA) is 91.8 Å². The molecule has 1 amide bonds. The molecule has 3 heterocycles. The van der Waals surface area contributed by atoms with Crippen molar-refractivity contribution in [2.75, 3.05) is 26.2 Å². The number of benzene rings is 1. The number of rotatable bonds is 7. The molecule has 2 fully saturated rings. The molecule has 32 heavy (non-hydrogen) atoms. The molecule has 174 valence electrons. The van der Waals surface area contributed by atoms with E-state index in [-0.39, 0.29) is 24.4 Å². The molecule has 7 heteroatoms. The third-order valence-electron chi connectivity index (χ3n) is 6.25. The van der Waals surface area contributed by atoms with Crippen LogP contribution in [-0.4, -0.2) is 59.7 Å². The van der Waals surface area contributed by atoms with Crippen molar-refractivity contribution in [1.82, 2.24) is 15.2 Å². The lowest BCUT2D eigenvalue weighted by atomic mass is 9.96. The zero-order valence-electron chi connectivity index (χ0n) is 19.0. The number of unbranched alkanes of at least 4 members (excludes halogenated alkanes) is 1. The van der Waals surface area contributed by atoms with Crippen LogP contribution in [0, 0.1) is 5.92 Å². The number of likely N-dealkylation sites (tertiary alicyclic amines) is 1. The average molecular weight is 442 g/mol. The number of fused-ring (bicyclic) bond motifs is 1. The van der Waals surface area contributed by atoms with E-state index in [4.69, 9.17) is 14.6 Å². The highest BCUT2D eigenvalue weighted by Gasteiger charge is 2.27. The van der Waals surface area contributed by atoms with Gasteiger partial charge >= 0.3 is 0 Å². The first-order valence-electron chi connectivity index (χ1n) is 11.8. The molecule has 0 radical (unpaired) electrons. The van der Waals surface area contributed by atoms with Gasteiger partial charge in [0, 0.05) is 37.8 Å². The summed E-state index contributed by atoms with van der Waals surface area (Å²) < 4.78 is 6.48. The van der Waals surface area contributed by atoms with Gasteiger partial charge in [0.25, 0.3) is 6.47 Å². The summed E-state index contributed by atoms with van der Waals surface area (Å²) in [6.07, 6.45) is 9.66. The summed E-state index contributed by atoms with van der Waals surface area (Å²) in [6.45, 7) is 5.69. The number of nitrogens with one attached hydrogen (secondary N) is 1. The SMILES string of the molecule is CCCCc1cc(OC2CCN(CC3CCCNC3=O)CC2)c2ncccc2c1.O=CO. The highest BCUT2D eigenvalue weighted by Crippen LogP contribution is 2.29. The van der Waals surface area contributed by atoms with Gasteiger partial charge in [-0.2, -0.15) is 0 Å². The van der Waals surface area contributed by atoms with Crippen LogP contribution in [0.5, 0.6) is 5.75 Å². The molecule has 1 aromatic heterocycles. The number of pyridine rings is 1. The first-order valence-corrected chi connectivity index (χ1v) is 11.8. The van der Waals surface area contributed by atoms with E-state index in [1.165, 1.54) is 18.4 Å². The Morgan fingerprint density at radius 2 is 2.06 bits per heavy atom. The monoisotopic (exact) mass is 441 g/mol. The Kier molecular flexibility index (Phi) is 9.28. The zero-order chi connectivity index (χ0) is 22.8. The van der Waals surface area contributed by atoms with Gasteiger partial charge in [0.2, 0.25) is 5.91 Å². The summed E-state index contributed by atoms with van der Waals surface area (Å²) in [6, 6.07) is 8.57. The van der Waals surface area contributed by atoms with Crippen molar-refractivity contribution in [3.63, 3.8) is 0 Å². The predicted molar refractivity (Wildman–Crippen MR) is 125 cm³/mol. The summed E-state index contributed by atoms with van der Waals surface area (Å²) >= 11 is 0. The van der Waals surface area contributed by atoms with Gasteiger partial charge < -0.3 is 20.1 Å². The van der Waals surface area contributed by atoms with E-state index in [0.29, 0.717) is 0 Å². The van der Waals surface area contributed by atoms with E-state index in [2.05, 4.69) is 40.3 Å². The number of hydrogen-bond donors (Lipinski definition) is 2. The lowest BCUT2D eigenvalue weighted by Crippen LogP contribution is -2.46. The van der Waals surface area contributed by atoms with Crippen molar-refractivity contribution >= 4 is 23.3 Å². The number of aryl methyl sites for hydroxylation is 1. The Labute approximate surface area is 190 Å². The number of ether oxygens (including phenoxy) is 1. The van der Waals surface area contributed by atoms with Gasteiger partial charge in [0.15, 0.2) is 0 Å². The van der Waals surface area contributed by atoms with Crippen molar-refractivity contribution in [1.29, 1.82) is 0 Å². The molecule has 2 aliphatic rings. The molecule has 1 atom stereocenters. The molecule has 4 rings (SSSR count). The van der Waals surface area contributed by atoms with Crippen molar-refractivity contribution in [3.05, 3.63) is 36.0 Å². The minimum absolute atomic E-state index is 0.157. The smallest absolute Gasteiger partial charge is 0.290 e. The number of aromatic nitrogens is 1. The minimum Gasteiger partial charge on any atom is -0.488 e. The summed E-state index contributed by atoms with van der Waals surface area (Å²) in [5.41, 5.74) is 2.30. The van der Waals surface area contributed by atoms with Crippen LogP contribution in [0.3, 0.4) is 0 Å². The summed E-state index contributed by atoms with van der Waals surface area (Å²) in [4.78, 5) is 27.4. The molecule has 0 aliphatic carbocycles. The van der Waals surface area contributed by atoms with Crippen LogP contribution in [0.2, 0.25) is 0 Å². The van der Waals surface area contributed by atoms with Crippen molar-refractivity contribution in [3.8, 4) is 5.75 Å². The van der Waals surface area contributed by atoms with Crippen LogP contribution >= 0.6 is 0 Å². The molecule has 2 N–H and O–H groups in total. The van der Waals surface area contributed by atoms with E-state index >= 15 is 0 Å².